The van der Waals surface area contributed by atoms with Crippen molar-refractivity contribution in [2.75, 3.05) is 26.2 Å². The van der Waals surface area contributed by atoms with Crippen molar-refractivity contribution >= 4 is 0 Å². The lowest BCUT2D eigenvalue weighted by Gasteiger charge is -2.44. The highest BCUT2D eigenvalue weighted by Crippen LogP contribution is 2.37. The number of piperidine rings is 1. The number of hydrogen-bond acceptors (Lipinski definition) is 5. The normalized spacial score (nSPS) is 22.7. The minimum absolute atomic E-state index is 0.00429. The maximum atomic E-state index is 10.4. The predicted octanol–water partition coefficient (Wildman–Crippen LogP) is 3.26. The fourth-order valence-corrected chi connectivity index (χ4v) is 4.10. The number of hydrogen-bond donors (Lipinski definition) is 1. The highest BCUT2D eigenvalue weighted by molar-refractivity contribution is 5.34. The summed E-state index contributed by atoms with van der Waals surface area (Å²) in [6.07, 6.45) is 1.29. The Kier molecular flexibility index (Phi) is 5.85. The molecule has 5 heteroatoms. The van der Waals surface area contributed by atoms with Crippen LogP contribution < -0.4 is 9.47 Å². The summed E-state index contributed by atoms with van der Waals surface area (Å²) in [5.41, 5.74) is 0.850. The van der Waals surface area contributed by atoms with Gasteiger partial charge in [-0.15, -0.1) is 0 Å². The van der Waals surface area contributed by atoms with Crippen LogP contribution in [0.2, 0.25) is 0 Å². The number of rotatable bonds is 5. The first-order valence-electron chi connectivity index (χ1n) is 10.1. The van der Waals surface area contributed by atoms with Crippen LogP contribution in [0.15, 0.2) is 54.6 Å². The summed E-state index contributed by atoms with van der Waals surface area (Å²) >= 11 is 0. The van der Waals surface area contributed by atoms with Crippen molar-refractivity contribution in [3.8, 4) is 11.5 Å². The van der Waals surface area contributed by atoms with E-state index in [4.69, 9.17) is 14.2 Å². The largest absolute Gasteiger partial charge is 0.491 e. The van der Waals surface area contributed by atoms with Crippen LogP contribution in [0, 0.1) is 0 Å². The van der Waals surface area contributed by atoms with Crippen molar-refractivity contribution in [1.29, 1.82) is 0 Å². The number of aliphatic hydroxyl groups excluding tert-OH is 1. The Morgan fingerprint density at radius 1 is 1.11 bits per heavy atom. The molecule has 4 rings (SSSR count). The van der Waals surface area contributed by atoms with E-state index in [1.165, 1.54) is 0 Å². The molecular formula is C23H29NO4. The third-order valence-electron chi connectivity index (χ3n) is 5.89. The molecule has 150 valence electrons. The van der Waals surface area contributed by atoms with Crippen molar-refractivity contribution in [3.05, 3.63) is 60.2 Å². The number of benzene rings is 2. The molecule has 0 radical (unpaired) electrons. The number of fused-ring (bicyclic) bond motifs is 1. The highest BCUT2D eigenvalue weighted by Gasteiger charge is 2.43. The summed E-state index contributed by atoms with van der Waals surface area (Å²) in [5.74, 6) is 1.72. The van der Waals surface area contributed by atoms with Crippen LogP contribution in [0.4, 0.5) is 0 Å². The van der Waals surface area contributed by atoms with Gasteiger partial charge in [-0.3, -0.25) is 0 Å². The summed E-state index contributed by atoms with van der Waals surface area (Å²) in [6.45, 7) is 5.38. The van der Waals surface area contributed by atoms with Gasteiger partial charge in [-0.25, -0.2) is 0 Å². The standard InChI is InChI=1S/C23H29NO4/c1-18-23(27-16-19-7-5-6-10-22(19)28-18)11-13-24(14-12-23)15-20(25)17-26-21-8-3-2-4-9-21/h2-10,18,20,25H,11-17H2,1H3. The number of para-hydroxylation sites is 2. The fraction of sp³-hybridized carbons (Fsp3) is 0.478. The molecule has 5 nitrogen and oxygen atoms in total. The Morgan fingerprint density at radius 3 is 2.61 bits per heavy atom. The molecule has 2 atom stereocenters. The van der Waals surface area contributed by atoms with Gasteiger partial charge in [0.15, 0.2) is 0 Å². The lowest BCUT2D eigenvalue weighted by molar-refractivity contribution is -0.138. The van der Waals surface area contributed by atoms with Gasteiger partial charge in [0, 0.05) is 25.2 Å². The van der Waals surface area contributed by atoms with Gasteiger partial charge >= 0.3 is 0 Å². The van der Waals surface area contributed by atoms with E-state index >= 15 is 0 Å². The summed E-state index contributed by atoms with van der Waals surface area (Å²) in [6, 6.07) is 17.7. The van der Waals surface area contributed by atoms with Crippen LogP contribution in [-0.4, -0.2) is 54.1 Å². The molecule has 28 heavy (non-hydrogen) atoms. The zero-order chi connectivity index (χ0) is 19.4. The molecule has 2 aromatic rings. The molecule has 1 spiro atoms. The van der Waals surface area contributed by atoms with Gasteiger partial charge in [0.1, 0.15) is 35.9 Å². The van der Waals surface area contributed by atoms with E-state index in [2.05, 4.69) is 17.9 Å². The van der Waals surface area contributed by atoms with Crippen molar-refractivity contribution in [1.82, 2.24) is 4.90 Å². The molecule has 2 aliphatic heterocycles. The second-order valence-electron chi connectivity index (χ2n) is 7.80. The van der Waals surface area contributed by atoms with Gasteiger partial charge < -0.3 is 24.2 Å². The quantitative estimate of drug-likeness (QED) is 0.859. The molecule has 0 aromatic heterocycles. The summed E-state index contributed by atoms with van der Waals surface area (Å²) in [5, 5.41) is 10.4. The molecule has 0 bridgehead atoms. The zero-order valence-electron chi connectivity index (χ0n) is 16.4. The summed E-state index contributed by atoms with van der Waals surface area (Å²) in [7, 11) is 0. The third-order valence-corrected chi connectivity index (χ3v) is 5.89. The zero-order valence-corrected chi connectivity index (χ0v) is 16.4. The van der Waals surface area contributed by atoms with Crippen LogP contribution in [0.25, 0.3) is 0 Å². The van der Waals surface area contributed by atoms with E-state index in [1.54, 1.807) is 0 Å². The van der Waals surface area contributed by atoms with Gasteiger partial charge in [0.05, 0.1) is 6.61 Å². The van der Waals surface area contributed by atoms with Crippen molar-refractivity contribution in [2.45, 2.75) is 44.2 Å². The Balaban J connectivity index is 1.28. The Morgan fingerprint density at radius 2 is 1.82 bits per heavy atom. The van der Waals surface area contributed by atoms with Gasteiger partial charge in [0.2, 0.25) is 0 Å². The number of nitrogens with zero attached hydrogens (tertiary/aromatic N) is 1. The van der Waals surface area contributed by atoms with E-state index in [9.17, 15) is 5.11 Å². The Labute approximate surface area is 166 Å². The first kappa shape index (κ1) is 19.2. The van der Waals surface area contributed by atoms with Crippen LogP contribution in [-0.2, 0) is 11.3 Å². The van der Waals surface area contributed by atoms with E-state index in [-0.39, 0.29) is 11.7 Å². The lowest BCUT2D eigenvalue weighted by atomic mass is 9.86. The van der Waals surface area contributed by atoms with E-state index in [0.717, 1.165) is 43.0 Å². The van der Waals surface area contributed by atoms with Crippen molar-refractivity contribution < 1.29 is 19.3 Å². The van der Waals surface area contributed by atoms with Crippen molar-refractivity contribution in [2.24, 2.45) is 0 Å². The highest BCUT2D eigenvalue weighted by atomic mass is 16.6. The average Bonchev–Trinajstić information content (AvgIpc) is 2.86. The van der Waals surface area contributed by atoms with Crippen LogP contribution in [0.1, 0.15) is 25.3 Å². The van der Waals surface area contributed by atoms with Crippen molar-refractivity contribution in [3.63, 3.8) is 0 Å². The molecule has 0 aliphatic carbocycles. The van der Waals surface area contributed by atoms with Gasteiger partial charge in [-0.1, -0.05) is 36.4 Å². The SMILES string of the molecule is CC1Oc2ccccc2COC12CCN(CC(O)COc1ccccc1)CC2. The third kappa shape index (κ3) is 4.32. The van der Waals surface area contributed by atoms with Crippen LogP contribution in [0.5, 0.6) is 11.5 Å². The first-order valence-corrected chi connectivity index (χ1v) is 10.1. The molecular weight excluding hydrogens is 354 g/mol. The summed E-state index contributed by atoms with van der Waals surface area (Å²) in [4.78, 5) is 2.29. The Bertz CT molecular complexity index is 758. The molecule has 2 unspecified atom stereocenters. The number of likely N-dealkylation sites (tertiary alicyclic amines) is 1. The second kappa shape index (κ2) is 8.52. The maximum Gasteiger partial charge on any atom is 0.125 e. The minimum atomic E-state index is -0.512. The summed E-state index contributed by atoms with van der Waals surface area (Å²) < 4.78 is 18.3. The molecule has 1 saturated heterocycles. The molecule has 0 amide bonds. The molecule has 0 saturated carbocycles. The molecule has 2 aliphatic rings. The second-order valence-corrected chi connectivity index (χ2v) is 7.80. The van der Waals surface area contributed by atoms with Gasteiger partial charge in [0.25, 0.3) is 0 Å². The fourth-order valence-electron chi connectivity index (χ4n) is 4.10. The molecule has 1 N–H and O–H groups in total. The maximum absolute atomic E-state index is 10.4. The lowest BCUT2D eigenvalue weighted by Crippen LogP contribution is -2.54. The number of ether oxygens (including phenoxy) is 3. The van der Waals surface area contributed by atoms with Crippen LogP contribution in [0.3, 0.4) is 0 Å². The average molecular weight is 383 g/mol. The van der Waals surface area contributed by atoms with Crippen LogP contribution >= 0.6 is 0 Å². The Hall–Kier alpha value is -2.08. The monoisotopic (exact) mass is 383 g/mol. The number of aliphatic hydroxyl groups is 1. The van der Waals surface area contributed by atoms with E-state index in [1.807, 2.05) is 48.5 Å². The molecule has 2 heterocycles. The smallest absolute Gasteiger partial charge is 0.125 e. The van der Waals surface area contributed by atoms with Gasteiger partial charge in [-0.05, 0) is 38.0 Å². The van der Waals surface area contributed by atoms with E-state index < -0.39 is 6.10 Å². The molecule has 1 fully saturated rings. The predicted molar refractivity (Wildman–Crippen MR) is 108 cm³/mol. The molecule has 2 aromatic carbocycles. The first-order chi connectivity index (χ1) is 13.6. The minimum Gasteiger partial charge on any atom is -0.491 e. The topological polar surface area (TPSA) is 51.2 Å². The van der Waals surface area contributed by atoms with Gasteiger partial charge in [-0.2, -0.15) is 0 Å². The number of β-amino-alcohol motifs (C(OH)–C–C–N with tert-alkyl or cyclic N) is 1. The van der Waals surface area contributed by atoms with E-state index in [0.29, 0.717) is 19.8 Å².